The van der Waals surface area contributed by atoms with Gasteiger partial charge >= 0.3 is 5.97 Å². The van der Waals surface area contributed by atoms with Crippen LogP contribution in [0.3, 0.4) is 0 Å². The number of fused-ring (bicyclic) bond motifs is 2. The standard InChI is InChI=1S/C16H17F2NO2/c1-11(20)21-14-7-13-9-16(17,18)15(8-14)19(13)10-12-5-3-2-4-6-12/h2-6,8,13,15H,7,9-10H2,1H3. The molecule has 0 radical (unpaired) electrons. The Kier molecular flexibility index (Phi) is 3.53. The molecule has 2 bridgehead atoms. The van der Waals surface area contributed by atoms with E-state index in [2.05, 4.69) is 0 Å². The molecule has 3 rings (SSSR count). The Morgan fingerprint density at radius 2 is 2.10 bits per heavy atom. The van der Waals surface area contributed by atoms with Gasteiger partial charge in [-0.3, -0.25) is 9.69 Å². The van der Waals surface area contributed by atoms with Crippen molar-refractivity contribution in [3.05, 3.63) is 47.7 Å². The van der Waals surface area contributed by atoms with E-state index in [1.165, 1.54) is 13.0 Å². The molecule has 1 aromatic carbocycles. The van der Waals surface area contributed by atoms with Gasteiger partial charge in [0.1, 0.15) is 5.76 Å². The predicted molar refractivity (Wildman–Crippen MR) is 73.6 cm³/mol. The van der Waals surface area contributed by atoms with E-state index >= 15 is 0 Å². The van der Waals surface area contributed by atoms with Crippen LogP contribution < -0.4 is 0 Å². The second kappa shape index (κ2) is 5.22. The SMILES string of the molecule is CC(=O)OC1=CC2N(Cc3ccccc3)C(C1)CC2(F)F. The Morgan fingerprint density at radius 3 is 2.71 bits per heavy atom. The van der Waals surface area contributed by atoms with Gasteiger partial charge in [0.2, 0.25) is 0 Å². The molecule has 2 aliphatic rings. The average Bonchev–Trinajstić information content (AvgIpc) is 2.55. The van der Waals surface area contributed by atoms with Crippen LogP contribution in [0.1, 0.15) is 25.3 Å². The van der Waals surface area contributed by atoms with Gasteiger partial charge in [0.25, 0.3) is 5.92 Å². The van der Waals surface area contributed by atoms with E-state index in [0.717, 1.165) is 5.56 Å². The van der Waals surface area contributed by atoms with Gasteiger partial charge in [-0.05, 0) is 11.6 Å². The quantitative estimate of drug-likeness (QED) is 0.802. The molecule has 2 heterocycles. The molecule has 112 valence electrons. The summed E-state index contributed by atoms with van der Waals surface area (Å²) in [5.74, 6) is -2.86. The fourth-order valence-electron chi connectivity index (χ4n) is 3.19. The molecule has 1 fully saturated rings. The van der Waals surface area contributed by atoms with E-state index in [0.29, 0.717) is 18.7 Å². The summed E-state index contributed by atoms with van der Waals surface area (Å²) in [4.78, 5) is 12.8. The molecule has 0 aliphatic carbocycles. The van der Waals surface area contributed by atoms with Crippen molar-refractivity contribution in [1.82, 2.24) is 4.90 Å². The van der Waals surface area contributed by atoms with Gasteiger partial charge in [-0.15, -0.1) is 0 Å². The van der Waals surface area contributed by atoms with Crippen molar-refractivity contribution in [3.63, 3.8) is 0 Å². The van der Waals surface area contributed by atoms with Crippen LogP contribution in [0.15, 0.2) is 42.2 Å². The smallest absolute Gasteiger partial charge is 0.307 e. The largest absolute Gasteiger partial charge is 0.431 e. The number of hydrogen-bond donors (Lipinski definition) is 0. The van der Waals surface area contributed by atoms with Crippen LogP contribution >= 0.6 is 0 Å². The summed E-state index contributed by atoms with van der Waals surface area (Å²) in [6.07, 6.45) is 1.58. The topological polar surface area (TPSA) is 29.5 Å². The number of carbonyl (C=O) groups excluding carboxylic acids is 1. The Balaban J connectivity index is 1.83. The Morgan fingerprint density at radius 1 is 1.38 bits per heavy atom. The third kappa shape index (κ3) is 2.83. The van der Waals surface area contributed by atoms with Crippen LogP contribution in [-0.2, 0) is 16.1 Å². The highest BCUT2D eigenvalue weighted by atomic mass is 19.3. The fraction of sp³-hybridized carbons (Fsp3) is 0.438. The van der Waals surface area contributed by atoms with Gasteiger partial charge in [0, 0.05) is 32.4 Å². The lowest BCUT2D eigenvalue weighted by Crippen LogP contribution is -2.42. The number of rotatable bonds is 3. The highest BCUT2D eigenvalue weighted by Crippen LogP contribution is 2.45. The van der Waals surface area contributed by atoms with Gasteiger partial charge in [0.15, 0.2) is 0 Å². The van der Waals surface area contributed by atoms with Crippen LogP contribution in [0.25, 0.3) is 0 Å². The van der Waals surface area contributed by atoms with Crippen molar-refractivity contribution in [3.8, 4) is 0 Å². The molecular formula is C16H17F2NO2. The van der Waals surface area contributed by atoms with Crippen molar-refractivity contribution < 1.29 is 18.3 Å². The number of benzene rings is 1. The second-order valence-electron chi connectivity index (χ2n) is 5.65. The van der Waals surface area contributed by atoms with Crippen molar-refractivity contribution in [2.75, 3.05) is 0 Å². The third-order valence-electron chi connectivity index (χ3n) is 4.03. The minimum atomic E-state index is -2.78. The lowest BCUT2D eigenvalue weighted by Gasteiger charge is -2.33. The number of halogens is 2. The summed E-state index contributed by atoms with van der Waals surface area (Å²) in [6.45, 7) is 1.77. The van der Waals surface area contributed by atoms with Crippen LogP contribution in [-0.4, -0.2) is 28.9 Å². The summed E-state index contributed by atoms with van der Waals surface area (Å²) >= 11 is 0. The van der Waals surface area contributed by atoms with Gasteiger partial charge in [-0.1, -0.05) is 30.3 Å². The predicted octanol–water partition coefficient (Wildman–Crippen LogP) is 3.12. The zero-order chi connectivity index (χ0) is 15.0. The first-order valence-electron chi connectivity index (χ1n) is 7.02. The van der Waals surface area contributed by atoms with Crippen LogP contribution in [0.5, 0.6) is 0 Å². The van der Waals surface area contributed by atoms with E-state index in [-0.39, 0.29) is 12.5 Å². The molecule has 0 amide bonds. The molecule has 0 aromatic heterocycles. The number of carbonyl (C=O) groups is 1. The first kappa shape index (κ1) is 14.2. The molecular weight excluding hydrogens is 276 g/mol. The minimum absolute atomic E-state index is 0.189. The number of alkyl halides is 2. The van der Waals surface area contributed by atoms with Crippen molar-refractivity contribution in [2.24, 2.45) is 0 Å². The van der Waals surface area contributed by atoms with Crippen molar-refractivity contribution >= 4 is 5.97 Å². The third-order valence-corrected chi connectivity index (χ3v) is 4.03. The monoisotopic (exact) mass is 293 g/mol. The molecule has 0 spiro atoms. The Labute approximate surface area is 122 Å². The number of nitrogens with zero attached hydrogens (tertiary/aromatic N) is 1. The average molecular weight is 293 g/mol. The number of hydrogen-bond acceptors (Lipinski definition) is 3. The molecule has 1 saturated heterocycles. The van der Waals surface area contributed by atoms with E-state index in [1.807, 2.05) is 35.2 Å². The molecule has 2 aliphatic heterocycles. The molecule has 5 heteroatoms. The van der Waals surface area contributed by atoms with E-state index in [9.17, 15) is 13.6 Å². The summed E-state index contributed by atoms with van der Waals surface area (Å²) in [7, 11) is 0. The van der Waals surface area contributed by atoms with Gasteiger partial charge in [0.05, 0.1) is 6.04 Å². The van der Waals surface area contributed by atoms with E-state index in [1.54, 1.807) is 0 Å². The molecule has 0 saturated carbocycles. The molecule has 1 aromatic rings. The maximum atomic E-state index is 14.1. The zero-order valence-electron chi connectivity index (χ0n) is 11.8. The lowest BCUT2D eigenvalue weighted by molar-refractivity contribution is -0.137. The fourth-order valence-corrected chi connectivity index (χ4v) is 3.19. The Bertz CT molecular complexity index is 571. The summed E-state index contributed by atoms with van der Waals surface area (Å²) in [5, 5.41) is 0. The van der Waals surface area contributed by atoms with E-state index in [4.69, 9.17) is 4.74 Å². The van der Waals surface area contributed by atoms with Crippen LogP contribution in [0.2, 0.25) is 0 Å². The molecule has 0 N–H and O–H groups in total. The van der Waals surface area contributed by atoms with Gasteiger partial charge in [-0.2, -0.15) is 0 Å². The maximum Gasteiger partial charge on any atom is 0.307 e. The molecule has 2 atom stereocenters. The van der Waals surface area contributed by atoms with Gasteiger partial charge < -0.3 is 4.74 Å². The second-order valence-corrected chi connectivity index (χ2v) is 5.65. The summed E-state index contributed by atoms with van der Waals surface area (Å²) in [5.41, 5.74) is 1.01. The molecule has 3 nitrogen and oxygen atoms in total. The zero-order valence-corrected chi connectivity index (χ0v) is 11.8. The van der Waals surface area contributed by atoms with Crippen molar-refractivity contribution in [2.45, 2.75) is 44.3 Å². The Hall–Kier alpha value is -1.75. The highest BCUT2D eigenvalue weighted by Gasteiger charge is 2.55. The normalized spacial score (nSPS) is 27.3. The summed E-state index contributed by atoms with van der Waals surface area (Å²) < 4.78 is 33.3. The lowest BCUT2D eigenvalue weighted by atomic mass is 10.1. The highest BCUT2D eigenvalue weighted by molar-refractivity contribution is 5.67. The van der Waals surface area contributed by atoms with Gasteiger partial charge in [-0.25, -0.2) is 8.78 Å². The molecule has 2 unspecified atom stereocenters. The van der Waals surface area contributed by atoms with Crippen LogP contribution in [0, 0.1) is 0 Å². The molecule has 21 heavy (non-hydrogen) atoms. The van der Waals surface area contributed by atoms with Crippen LogP contribution in [0.4, 0.5) is 8.78 Å². The van der Waals surface area contributed by atoms with E-state index < -0.39 is 17.9 Å². The maximum absolute atomic E-state index is 14.1. The summed E-state index contributed by atoms with van der Waals surface area (Å²) in [6, 6.07) is 8.29. The minimum Gasteiger partial charge on any atom is -0.431 e. The first-order valence-corrected chi connectivity index (χ1v) is 7.02. The number of esters is 1. The number of ether oxygens (including phenoxy) is 1. The van der Waals surface area contributed by atoms with Crippen molar-refractivity contribution in [1.29, 1.82) is 0 Å². The first-order chi connectivity index (χ1) is 9.95.